The Morgan fingerprint density at radius 1 is 1.15 bits per heavy atom. The van der Waals surface area contributed by atoms with Crippen LogP contribution >= 0.6 is 11.6 Å². The largest absolute Gasteiger partial charge is 0.490 e. The molecule has 0 bridgehead atoms. The topological polar surface area (TPSA) is 70.4 Å². The minimum absolute atomic E-state index is 0.0125. The van der Waals surface area contributed by atoms with Gasteiger partial charge in [-0.1, -0.05) is 11.6 Å². The minimum atomic E-state index is -0.676. The Balaban J connectivity index is 1.71. The van der Waals surface area contributed by atoms with Gasteiger partial charge in [0.1, 0.15) is 30.2 Å². The summed E-state index contributed by atoms with van der Waals surface area (Å²) in [7, 11) is 0. The number of carbonyl (C=O) groups excluding carboxylic acids is 1. The SMILES string of the molecule is CCn1cc(C(=O)OCCOc2ccc(Cl)cc2)c(=O)c2ccc(C)nc21. The van der Waals surface area contributed by atoms with Crippen LogP contribution in [0.1, 0.15) is 23.0 Å². The van der Waals surface area contributed by atoms with Gasteiger partial charge in [-0.2, -0.15) is 0 Å². The summed E-state index contributed by atoms with van der Waals surface area (Å²) in [6, 6.07) is 10.3. The second-order valence-electron chi connectivity index (χ2n) is 5.92. The van der Waals surface area contributed by atoms with E-state index in [4.69, 9.17) is 21.1 Å². The van der Waals surface area contributed by atoms with Crippen molar-refractivity contribution in [3.63, 3.8) is 0 Å². The van der Waals surface area contributed by atoms with E-state index in [1.54, 1.807) is 41.0 Å². The molecule has 6 nitrogen and oxygen atoms in total. The average Bonchev–Trinajstić information content (AvgIpc) is 2.66. The van der Waals surface area contributed by atoms with Gasteiger partial charge in [0.2, 0.25) is 5.43 Å². The van der Waals surface area contributed by atoms with Crippen LogP contribution in [0.5, 0.6) is 5.75 Å². The van der Waals surface area contributed by atoms with Crippen LogP contribution in [0.4, 0.5) is 0 Å². The van der Waals surface area contributed by atoms with Gasteiger partial charge in [-0.25, -0.2) is 9.78 Å². The number of nitrogens with zero attached hydrogens (tertiary/aromatic N) is 2. The Morgan fingerprint density at radius 2 is 1.89 bits per heavy atom. The molecule has 1 aromatic carbocycles. The molecule has 0 atom stereocenters. The summed E-state index contributed by atoms with van der Waals surface area (Å²) < 4.78 is 12.4. The summed E-state index contributed by atoms with van der Waals surface area (Å²) >= 11 is 5.81. The van der Waals surface area contributed by atoms with Crippen LogP contribution in [-0.2, 0) is 11.3 Å². The van der Waals surface area contributed by atoms with Gasteiger partial charge in [-0.05, 0) is 50.2 Å². The summed E-state index contributed by atoms with van der Waals surface area (Å²) in [5.74, 6) is -0.0553. The summed E-state index contributed by atoms with van der Waals surface area (Å²) in [4.78, 5) is 29.4. The molecule has 3 aromatic rings. The fourth-order valence-corrected chi connectivity index (χ4v) is 2.77. The molecule has 0 saturated heterocycles. The average molecular weight is 387 g/mol. The molecule has 3 rings (SSSR count). The molecular formula is C20H19ClN2O4. The van der Waals surface area contributed by atoms with Gasteiger partial charge < -0.3 is 14.0 Å². The number of pyridine rings is 2. The molecule has 0 amide bonds. The van der Waals surface area contributed by atoms with Crippen molar-refractivity contribution in [2.24, 2.45) is 0 Å². The number of halogens is 1. The monoisotopic (exact) mass is 386 g/mol. The number of ether oxygens (including phenoxy) is 2. The number of esters is 1. The summed E-state index contributed by atoms with van der Waals surface area (Å²) in [6.45, 7) is 4.55. The molecule has 2 heterocycles. The Bertz CT molecular complexity index is 1030. The van der Waals surface area contributed by atoms with E-state index in [1.807, 2.05) is 13.8 Å². The van der Waals surface area contributed by atoms with Gasteiger partial charge in [0, 0.05) is 23.5 Å². The summed E-state index contributed by atoms with van der Waals surface area (Å²) in [6.07, 6.45) is 1.50. The molecule has 2 aromatic heterocycles. The number of benzene rings is 1. The first-order valence-electron chi connectivity index (χ1n) is 8.56. The highest BCUT2D eigenvalue weighted by Crippen LogP contribution is 2.15. The normalized spacial score (nSPS) is 10.8. The third kappa shape index (κ3) is 4.28. The van der Waals surface area contributed by atoms with Gasteiger partial charge in [0.05, 0.1) is 5.39 Å². The van der Waals surface area contributed by atoms with Crippen molar-refractivity contribution in [2.75, 3.05) is 13.2 Å². The number of hydrogen-bond donors (Lipinski definition) is 0. The zero-order valence-corrected chi connectivity index (χ0v) is 15.8. The molecule has 0 aliphatic carbocycles. The van der Waals surface area contributed by atoms with Crippen LogP contribution < -0.4 is 10.2 Å². The second-order valence-corrected chi connectivity index (χ2v) is 6.36. The fourth-order valence-electron chi connectivity index (χ4n) is 2.65. The van der Waals surface area contributed by atoms with E-state index in [1.165, 1.54) is 6.20 Å². The number of carbonyl (C=O) groups is 1. The van der Waals surface area contributed by atoms with Crippen molar-refractivity contribution in [3.8, 4) is 5.75 Å². The van der Waals surface area contributed by atoms with Crippen LogP contribution in [0.3, 0.4) is 0 Å². The summed E-state index contributed by atoms with van der Waals surface area (Å²) in [5, 5.41) is 1.01. The first-order valence-corrected chi connectivity index (χ1v) is 8.93. The lowest BCUT2D eigenvalue weighted by Gasteiger charge is -2.11. The Labute approximate surface area is 161 Å². The van der Waals surface area contributed by atoms with E-state index in [0.717, 1.165) is 5.69 Å². The van der Waals surface area contributed by atoms with E-state index in [0.29, 0.717) is 28.4 Å². The molecule has 0 aliphatic heterocycles. The minimum Gasteiger partial charge on any atom is -0.490 e. The first kappa shape index (κ1) is 18.9. The molecule has 0 radical (unpaired) electrons. The van der Waals surface area contributed by atoms with Crippen LogP contribution in [0.15, 0.2) is 47.4 Å². The third-order valence-corrected chi connectivity index (χ3v) is 4.27. The predicted molar refractivity (Wildman–Crippen MR) is 104 cm³/mol. The highest BCUT2D eigenvalue weighted by atomic mass is 35.5. The van der Waals surface area contributed by atoms with E-state index in [2.05, 4.69) is 4.98 Å². The molecule has 140 valence electrons. The van der Waals surface area contributed by atoms with E-state index in [-0.39, 0.29) is 24.2 Å². The second kappa shape index (κ2) is 8.22. The number of aromatic nitrogens is 2. The maximum absolute atomic E-state index is 12.6. The number of aryl methyl sites for hydroxylation is 2. The molecular weight excluding hydrogens is 368 g/mol. The van der Waals surface area contributed by atoms with E-state index >= 15 is 0 Å². The number of rotatable bonds is 6. The quantitative estimate of drug-likeness (QED) is 0.478. The maximum atomic E-state index is 12.6. The van der Waals surface area contributed by atoms with E-state index in [9.17, 15) is 9.59 Å². The fraction of sp³-hybridized carbons (Fsp3) is 0.250. The van der Waals surface area contributed by atoms with Crippen LogP contribution in [0, 0.1) is 6.92 Å². The van der Waals surface area contributed by atoms with Gasteiger partial charge in [-0.3, -0.25) is 4.79 Å². The number of fused-ring (bicyclic) bond motifs is 1. The predicted octanol–water partition coefficient (Wildman–Crippen LogP) is 3.61. The number of hydrogen-bond acceptors (Lipinski definition) is 5. The van der Waals surface area contributed by atoms with Gasteiger partial charge in [-0.15, -0.1) is 0 Å². The van der Waals surface area contributed by atoms with E-state index < -0.39 is 5.97 Å². The molecule has 7 heteroatoms. The van der Waals surface area contributed by atoms with Gasteiger partial charge >= 0.3 is 5.97 Å². The maximum Gasteiger partial charge on any atom is 0.343 e. The molecule has 0 aliphatic rings. The Kier molecular flexibility index (Phi) is 5.76. The van der Waals surface area contributed by atoms with Crippen molar-refractivity contribution in [2.45, 2.75) is 20.4 Å². The van der Waals surface area contributed by atoms with Crippen LogP contribution in [-0.4, -0.2) is 28.7 Å². The molecule has 0 spiro atoms. The molecule has 0 unspecified atom stereocenters. The zero-order chi connectivity index (χ0) is 19.4. The lowest BCUT2D eigenvalue weighted by Crippen LogP contribution is -2.22. The Hall–Kier alpha value is -2.86. The van der Waals surface area contributed by atoms with Gasteiger partial charge in [0.25, 0.3) is 0 Å². The van der Waals surface area contributed by atoms with Gasteiger partial charge in [0.15, 0.2) is 0 Å². The third-order valence-electron chi connectivity index (χ3n) is 4.02. The zero-order valence-electron chi connectivity index (χ0n) is 15.1. The van der Waals surface area contributed by atoms with Crippen molar-refractivity contribution in [1.29, 1.82) is 0 Å². The van der Waals surface area contributed by atoms with Crippen molar-refractivity contribution in [3.05, 3.63) is 69.1 Å². The van der Waals surface area contributed by atoms with Crippen LogP contribution in [0.2, 0.25) is 5.02 Å². The van der Waals surface area contributed by atoms with Crippen molar-refractivity contribution < 1.29 is 14.3 Å². The molecule has 27 heavy (non-hydrogen) atoms. The Morgan fingerprint density at radius 3 is 2.59 bits per heavy atom. The lowest BCUT2D eigenvalue weighted by molar-refractivity contribution is 0.0448. The molecule has 0 saturated carbocycles. The van der Waals surface area contributed by atoms with Crippen LogP contribution in [0.25, 0.3) is 11.0 Å². The summed E-state index contributed by atoms with van der Waals surface area (Å²) in [5.41, 5.74) is 0.969. The molecule has 0 fully saturated rings. The lowest BCUT2D eigenvalue weighted by atomic mass is 10.2. The van der Waals surface area contributed by atoms with Crippen molar-refractivity contribution in [1.82, 2.24) is 9.55 Å². The first-order chi connectivity index (χ1) is 13.0. The standard InChI is InChI=1S/C20H19ClN2O4/c1-3-23-12-17(18(24)16-9-4-13(2)22-19(16)23)20(25)27-11-10-26-15-7-5-14(21)6-8-15/h4-9,12H,3,10-11H2,1-2H3. The highest BCUT2D eigenvalue weighted by molar-refractivity contribution is 6.30. The highest BCUT2D eigenvalue weighted by Gasteiger charge is 2.17. The smallest absolute Gasteiger partial charge is 0.343 e. The van der Waals surface area contributed by atoms with Crippen molar-refractivity contribution >= 4 is 28.6 Å². The molecule has 0 N–H and O–H groups in total.